The number of nitrogens with one attached hydrogen (secondary N) is 1. The molecule has 0 aliphatic carbocycles. The van der Waals surface area contributed by atoms with Gasteiger partial charge in [-0.1, -0.05) is 30.3 Å². The van der Waals surface area contributed by atoms with E-state index < -0.39 is 0 Å². The third-order valence-electron chi connectivity index (χ3n) is 4.57. The van der Waals surface area contributed by atoms with Crippen molar-refractivity contribution in [2.75, 3.05) is 11.9 Å². The molecule has 6 nitrogen and oxygen atoms in total. The quantitative estimate of drug-likeness (QED) is 0.603. The number of rotatable bonds is 4. The lowest BCUT2D eigenvalue weighted by atomic mass is 10.2. The van der Waals surface area contributed by atoms with Crippen molar-refractivity contribution in [1.82, 2.24) is 19.7 Å². The summed E-state index contributed by atoms with van der Waals surface area (Å²) in [5.74, 6) is 1.29. The minimum Gasteiger partial charge on any atom is -0.477 e. The first-order valence-electron chi connectivity index (χ1n) is 8.73. The number of ether oxygens (including phenoxy) is 1. The van der Waals surface area contributed by atoms with E-state index in [2.05, 4.69) is 32.5 Å². The largest absolute Gasteiger partial charge is 0.477 e. The minimum absolute atomic E-state index is 0.330. The third-order valence-corrected chi connectivity index (χ3v) is 4.57. The van der Waals surface area contributed by atoms with Gasteiger partial charge in [-0.2, -0.15) is 19.7 Å². The summed E-state index contributed by atoms with van der Waals surface area (Å²) in [7, 11) is 0. The SMILES string of the molecule is Fc1ccc2cnn(-c3nc(NCc4ccccc4)c4c(n3)OCC4)c2c1. The Bertz CT molecular complexity index is 1130. The van der Waals surface area contributed by atoms with E-state index in [0.717, 1.165) is 28.8 Å². The van der Waals surface area contributed by atoms with Crippen LogP contribution in [-0.4, -0.2) is 26.4 Å². The van der Waals surface area contributed by atoms with E-state index in [1.54, 1.807) is 12.3 Å². The summed E-state index contributed by atoms with van der Waals surface area (Å²) in [6.45, 7) is 1.21. The van der Waals surface area contributed by atoms with Crippen molar-refractivity contribution in [3.63, 3.8) is 0 Å². The summed E-state index contributed by atoms with van der Waals surface area (Å²) in [6, 6.07) is 14.6. The second-order valence-electron chi connectivity index (χ2n) is 6.35. The summed E-state index contributed by atoms with van der Waals surface area (Å²) < 4.78 is 20.9. The van der Waals surface area contributed by atoms with Gasteiger partial charge >= 0.3 is 0 Å². The number of hydrogen-bond acceptors (Lipinski definition) is 5. The molecule has 0 unspecified atom stereocenters. The van der Waals surface area contributed by atoms with Crippen LogP contribution in [0.3, 0.4) is 0 Å². The molecule has 134 valence electrons. The van der Waals surface area contributed by atoms with Gasteiger partial charge in [-0.15, -0.1) is 0 Å². The number of halogens is 1. The predicted molar refractivity (Wildman–Crippen MR) is 99.6 cm³/mol. The van der Waals surface area contributed by atoms with Crippen LogP contribution in [0.4, 0.5) is 10.2 Å². The van der Waals surface area contributed by atoms with Crippen LogP contribution in [0.15, 0.2) is 54.7 Å². The molecule has 4 aromatic rings. The fourth-order valence-electron chi connectivity index (χ4n) is 3.22. The highest BCUT2D eigenvalue weighted by Gasteiger charge is 2.22. The Morgan fingerprint density at radius 3 is 2.89 bits per heavy atom. The van der Waals surface area contributed by atoms with Gasteiger partial charge in [0.25, 0.3) is 5.95 Å². The standard InChI is InChI=1S/C20H16FN5O/c21-15-7-6-14-12-23-26(17(14)10-15)20-24-18(16-8-9-27-19(16)25-20)22-11-13-4-2-1-3-5-13/h1-7,10,12H,8-9,11H2,(H,22,24,25). The van der Waals surface area contributed by atoms with Gasteiger partial charge in [0.15, 0.2) is 0 Å². The van der Waals surface area contributed by atoms with Crippen LogP contribution in [0, 0.1) is 5.82 Å². The highest BCUT2D eigenvalue weighted by atomic mass is 19.1. The van der Waals surface area contributed by atoms with Crippen molar-refractivity contribution in [2.24, 2.45) is 0 Å². The fourth-order valence-corrected chi connectivity index (χ4v) is 3.22. The normalized spacial score (nSPS) is 12.8. The van der Waals surface area contributed by atoms with Gasteiger partial charge in [0.2, 0.25) is 5.88 Å². The number of hydrogen-bond donors (Lipinski definition) is 1. The molecule has 2 aromatic heterocycles. The molecule has 2 aromatic carbocycles. The number of fused-ring (bicyclic) bond motifs is 2. The van der Waals surface area contributed by atoms with Gasteiger partial charge in [-0.25, -0.2) is 4.39 Å². The molecule has 0 fully saturated rings. The smallest absolute Gasteiger partial charge is 0.256 e. The summed E-state index contributed by atoms with van der Waals surface area (Å²) >= 11 is 0. The first-order chi connectivity index (χ1) is 13.3. The Labute approximate surface area is 154 Å². The van der Waals surface area contributed by atoms with E-state index in [1.807, 2.05) is 18.2 Å². The van der Waals surface area contributed by atoms with Crippen LogP contribution in [0.5, 0.6) is 5.88 Å². The van der Waals surface area contributed by atoms with Crippen molar-refractivity contribution >= 4 is 16.7 Å². The van der Waals surface area contributed by atoms with Gasteiger partial charge in [0.1, 0.15) is 11.6 Å². The number of anilines is 1. The Morgan fingerprint density at radius 2 is 2.00 bits per heavy atom. The van der Waals surface area contributed by atoms with Crippen molar-refractivity contribution in [3.8, 4) is 11.8 Å². The minimum atomic E-state index is -0.330. The van der Waals surface area contributed by atoms with Crippen LogP contribution in [0.2, 0.25) is 0 Å². The van der Waals surface area contributed by atoms with Crippen LogP contribution >= 0.6 is 0 Å². The summed E-state index contributed by atoms with van der Waals surface area (Å²) in [6.07, 6.45) is 2.42. The number of aromatic nitrogens is 4. The molecule has 5 rings (SSSR count). The van der Waals surface area contributed by atoms with Crippen molar-refractivity contribution in [2.45, 2.75) is 13.0 Å². The van der Waals surface area contributed by atoms with Crippen LogP contribution < -0.4 is 10.1 Å². The first-order valence-corrected chi connectivity index (χ1v) is 8.73. The van der Waals surface area contributed by atoms with E-state index in [9.17, 15) is 4.39 Å². The highest BCUT2D eigenvalue weighted by Crippen LogP contribution is 2.30. The molecule has 1 aliphatic rings. The second-order valence-corrected chi connectivity index (χ2v) is 6.35. The molecule has 1 N–H and O–H groups in total. The van der Waals surface area contributed by atoms with E-state index in [-0.39, 0.29) is 5.82 Å². The topological polar surface area (TPSA) is 64.9 Å². The van der Waals surface area contributed by atoms with E-state index in [4.69, 9.17) is 4.74 Å². The lowest BCUT2D eigenvalue weighted by Gasteiger charge is -2.11. The number of nitrogens with zero attached hydrogens (tertiary/aromatic N) is 4. The molecule has 0 saturated carbocycles. The number of benzene rings is 2. The Kier molecular flexibility index (Phi) is 3.71. The molecule has 0 atom stereocenters. The third kappa shape index (κ3) is 2.87. The molecular weight excluding hydrogens is 345 g/mol. The van der Waals surface area contributed by atoms with E-state index in [1.165, 1.54) is 16.8 Å². The van der Waals surface area contributed by atoms with Crippen molar-refractivity contribution in [1.29, 1.82) is 0 Å². The zero-order chi connectivity index (χ0) is 18.2. The Morgan fingerprint density at radius 1 is 1.11 bits per heavy atom. The van der Waals surface area contributed by atoms with Gasteiger partial charge in [-0.3, -0.25) is 0 Å². The van der Waals surface area contributed by atoms with Gasteiger partial charge in [0, 0.05) is 24.4 Å². The summed E-state index contributed by atoms with van der Waals surface area (Å²) in [4.78, 5) is 9.15. The fraction of sp³-hybridized carbons (Fsp3) is 0.150. The molecule has 0 amide bonds. The highest BCUT2D eigenvalue weighted by molar-refractivity contribution is 5.79. The van der Waals surface area contributed by atoms with Crippen molar-refractivity contribution < 1.29 is 9.13 Å². The first kappa shape index (κ1) is 15.7. The van der Waals surface area contributed by atoms with E-state index in [0.29, 0.717) is 30.5 Å². The maximum atomic E-state index is 13.7. The van der Waals surface area contributed by atoms with Crippen LogP contribution in [0.1, 0.15) is 11.1 Å². The van der Waals surface area contributed by atoms with Gasteiger partial charge in [0.05, 0.1) is 23.9 Å². The molecule has 27 heavy (non-hydrogen) atoms. The molecule has 0 radical (unpaired) electrons. The lowest BCUT2D eigenvalue weighted by Crippen LogP contribution is -2.09. The predicted octanol–water partition coefficient (Wildman–Crippen LogP) is 3.50. The average Bonchev–Trinajstić information content (AvgIpc) is 3.33. The summed E-state index contributed by atoms with van der Waals surface area (Å²) in [5, 5.41) is 8.53. The molecule has 7 heteroatoms. The molecule has 0 saturated heterocycles. The zero-order valence-corrected chi connectivity index (χ0v) is 14.4. The van der Waals surface area contributed by atoms with Crippen LogP contribution in [-0.2, 0) is 13.0 Å². The average molecular weight is 361 g/mol. The second kappa shape index (κ2) is 6.35. The maximum Gasteiger partial charge on any atom is 0.256 e. The molecular formula is C20H16FN5O. The van der Waals surface area contributed by atoms with Gasteiger partial charge < -0.3 is 10.1 Å². The molecule has 0 spiro atoms. The maximum absolute atomic E-state index is 13.7. The van der Waals surface area contributed by atoms with Crippen molar-refractivity contribution in [3.05, 3.63) is 71.7 Å². The molecule has 3 heterocycles. The van der Waals surface area contributed by atoms with Gasteiger partial charge in [-0.05, 0) is 17.7 Å². The lowest BCUT2D eigenvalue weighted by molar-refractivity contribution is 0.344. The molecule has 1 aliphatic heterocycles. The Balaban J connectivity index is 1.56. The summed E-state index contributed by atoms with van der Waals surface area (Å²) in [5.41, 5.74) is 2.72. The Hall–Kier alpha value is -3.48. The monoisotopic (exact) mass is 361 g/mol. The van der Waals surface area contributed by atoms with Crippen LogP contribution in [0.25, 0.3) is 16.9 Å². The zero-order valence-electron chi connectivity index (χ0n) is 14.4. The molecule has 0 bridgehead atoms. The van der Waals surface area contributed by atoms with E-state index >= 15 is 0 Å².